The number of rotatable bonds is 5. The molecule has 3 aromatic heterocycles. The van der Waals surface area contributed by atoms with Crippen LogP contribution in [0.1, 0.15) is 38.1 Å². The lowest BCUT2D eigenvalue weighted by atomic mass is 9.85. The quantitative estimate of drug-likeness (QED) is 0.331. The van der Waals surface area contributed by atoms with Gasteiger partial charge in [-0.25, -0.2) is 9.97 Å². The Kier molecular flexibility index (Phi) is 7.31. The molecule has 5 heterocycles. The third-order valence-electron chi connectivity index (χ3n) is 8.96. The fraction of sp³-hybridized carbons (Fsp3) is 0.433. The van der Waals surface area contributed by atoms with Crippen LogP contribution >= 0.6 is 17.0 Å². The van der Waals surface area contributed by atoms with Gasteiger partial charge in [-0.3, -0.25) is 19.1 Å². The van der Waals surface area contributed by atoms with Crippen LogP contribution in [0.15, 0.2) is 61.4 Å². The van der Waals surface area contributed by atoms with Gasteiger partial charge in [-0.15, -0.1) is 17.0 Å². The summed E-state index contributed by atoms with van der Waals surface area (Å²) in [6, 6.07) is 9.54. The van der Waals surface area contributed by atoms with Crippen LogP contribution in [0.4, 0.5) is 0 Å². The standard InChI is InChI=1S/C30H34N8O.BrH/c1-35-18-28-11-27(35)19-37(28)30(39)20-6-8-26(9-7-20)38-17-25(15-34-38)23-12-31-29(32-13-23)22-5-3-4-21(10-22)24-14-33-36(2)16-24;/h3-5,10,12-17,20,26-28H,6-9,11,18-19H2,1-2H3;1H. The van der Waals surface area contributed by atoms with E-state index in [9.17, 15) is 4.79 Å². The minimum absolute atomic E-state index is 0. The van der Waals surface area contributed by atoms with E-state index in [1.165, 1.54) is 0 Å². The Bertz CT molecular complexity index is 1490. The van der Waals surface area contributed by atoms with Gasteiger partial charge in [0.25, 0.3) is 0 Å². The maximum Gasteiger partial charge on any atom is 0.226 e. The summed E-state index contributed by atoms with van der Waals surface area (Å²) in [5.74, 6) is 1.25. The molecule has 1 aromatic carbocycles. The van der Waals surface area contributed by atoms with E-state index in [0.29, 0.717) is 29.9 Å². The zero-order valence-corrected chi connectivity index (χ0v) is 24.6. The molecule has 1 amide bonds. The first-order valence-electron chi connectivity index (χ1n) is 14.0. The Morgan fingerprint density at radius 2 is 1.50 bits per heavy atom. The summed E-state index contributed by atoms with van der Waals surface area (Å²) in [6.07, 6.45) is 16.6. The first kappa shape index (κ1) is 26.8. The third kappa shape index (κ3) is 4.99. The molecule has 4 aromatic rings. The number of benzene rings is 1. The fourth-order valence-corrected chi connectivity index (χ4v) is 6.68. The fourth-order valence-electron chi connectivity index (χ4n) is 6.68. The Morgan fingerprint density at radius 3 is 2.17 bits per heavy atom. The number of carbonyl (C=O) groups excluding carboxylic acids is 1. The van der Waals surface area contributed by atoms with E-state index in [-0.39, 0.29) is 22.9 Å². The lowest BCUT2D eigenvalue weighted by Gasteiger charge is -2.36. The van der Waals surface area contributed by atoms with Gasteiger partial charge >= 0.3 is 0 Å². The molecule has 3 aliphatic rings. The summed E-state index contributed by atoms with van der Waals surface area (Å²) in [4.78, 5) is 27.1. The van der Waals surface area contributed by atoms with Gasteiger partial charge in [0.2, 0.25) is 5.91 Å². The summed E-state index contributed by atoms with van der Waals surface area (Å²) in [6.45, 7) is 1.95. The van der Waals surface area contributed by atoms with E-state index in [1.54, 1.807) is 4.68 Å². The molecule has 1 saturated carbocycles. The summed E-state index contributed by atoms with van der Waals surface area (Å²) in [5.41, 5.74) is 5.09. The van der Waals surface area contributed by atoms with Crippen molar-refractivity contribution in [3.8, 4) is 33.6 Å². The summed E-state index contributed by atoms with van der Waals surface area (Å²) in [5, 5.41) is 8.96. The molecule has 3 fully saturated rings. The van der Waals surface area contributed by atoms with E-state index >= 15 is 0 Å². The average Bonchev–Trinajstić information content (AvgIpc) is 3.78. The molecular weight excluding hydrogens is 568 g/mol. The second-order valence-electron chi connectivity index (χ2n) is 11.5. The van der Waals surface area contributed by atoms with Crippen LogP contribution in [-0.4, -0.2) is 77.5 Å². The predicted octanol–water partition coefficient (Wildman–Crippen LogP) is 4.63. The van der Waals surface area contributed by atoms with Crippen LogP contribution in [0, 0.1) is 5.92 Å². The number of aryl methyl sites for hydroxylation is 1. The van der Waals surface area contributed by atoms with E-state index in [1.807, 2.05) is 50.2 Å². The van der Waals surface area contributed by atoms with Crippen LogP contribution in [0.5, 0.6) is 0 Å². The van der Waals surface area contributed by atoms with Crippen molar-refractivity contribution in [2.24, 2.45) is 13.0 Å². The highest BCUT2D eigenvalue weighted by molar-refractivity contribution is 8.93. The van der Waals surface area contributed by atoms with Gasteiger partial charge in [-0.2, -0.15) is 10.2 Å². The lowest BCUT2D eigenvalue weighted by molar-refractivity contribution is -0.139. The molecule has 2 unspecified atom stereocenters. The number of hydrogen-bond acceptors (Lipinski definition) is 6. The highest BCUT2D eigenvalue weighted by atomic mass is 79.9. The molecule has 2 saturated heterocycles. The molecule has 2 bridgehead atoms. The minimum Gasteiger partial charge on any atom is -0.337 e. The topological polar surface area (TPSA) is 85.0 Å². The number of amides is 1. The summed E-state index contributed by atoms with van der Waals surface area (Å²) < 4.78 is 3.88. The molecule has 1 aliphatic carbocycles. The number of halogens is 1. The van der Waals surface area contributed by atoms with Crippen molar-refractivity contribution in [3.63, 3.8) is 0 Å². The monoisotopic (exact) mass is 602 g/mol. The molecule has 40 heavy (non-hydrogen) atoms. The van der Waals surface area contributed by atoms with Crippen molar-refractivity contribution in [2.75, 3.05) is 20.1 Å². The smallest absolute Gasteiger partial charge is 0.226 e. The van der Waals surface area contributed by atoms with Gasteiger partial charge in [0.1, 0.15) is 0 Å². The van der Waals surface area contributed by atoms with Crippen LogP contribution in [-0.2, 0) is 11.8 Å². The van der Waals surface area contributed by atoms with Gasteiger partial charge < -0.3 is 4.90 Å². The van der Waals surface area contributed by atoms with E-state index in [2.05, 4.69) is 60.0 Å². The number of piperazine rings is 1. The van der Waals surface area contributed by atoms with Crippen LogP contribution in [0.3, 0.4) is 0 Å². The molecule has 0 spiro atoms. The van der Waals surface area contributed by atoms with Gasteiger partial charge in [-0.05, 0) is 50.8 Å². The van der Waals surface area contributed by atoms with E-state index < -0.39 is 0 Å². The zero-order chi connectivity index (χ0) is 26.5. The van der Waals surface area contributed by atoms with Crippen molar-refractivity contribution >= 4 is 22.9 Å². The Balaban J connectivity index is 0.00000289. The van der Waals surface area contributed by atoms with Crippen molar-refractivity contribution in [1.82, 2.24) is 39.3 Å². The molecular formula is C30H35BrN8O. The zero-order valence-electron chi connectivity index (χ0n) is 22.9. The van der Waals surface area contributed by atoms with E-state index in [0.717, 1.165) is 73.0 Å². The number of nitrogens with zero attached hydrogens (tertiary/aromatic N) is 8. The molecule has 9 nitrogen and oxygen atoms in total. The largest absolute Gasteiger partial charge is 0.337 e. The second kappa shape index (κ2) is 10.9. The molecule has 0 N–H and O–H groups in total. The second-order valence-corrected chi connectivity index (χ2v) is 11.5. The summed E-state index contributed by atoms with van der Waals surface area (Å²) in [7, 11) is 4.10. The number of carbonyl (C=O) groups is 1. The molecule has 208 valence electrons. The number of hydrogen-bond donors (Lipinski definition) is 0. The Morgan fingerprint density at radius 1 is 0.775 bits per heavy atom. The SMILES string of the molecule is Br.CN1CC2CC1CN2C(=O)C1CCC(n2cc(-c3cnc(-c4cccc(-c5cnn(C)c5)c4)nc3)cn2)CC1. The predicted molar refractivity (Wildman–Crippen MR) is 159 cm³/mol. The molecule has 0 radical (unpaired) electrons. The third-order valence-corrected chi connectivity index (χ3v) is 8.96. The highest BCUT2D eigenvalue weighted by Crippen LogP contribution is 2.37. The van der Waals surface area contributed by atoms with Crippen LogP contribution in [0.25, 0.3) is 33.6 Å². The number of fused-ring (bicyclic) bond motifs is 2. The molecule has 2 atom stereocenters. The Hall–Kier alpha value is -3.37. The van der Waals surface area contributed by atoms with Crippen LogP contribution in [0.2, 0.25) is 0 Å². The Labute approximate surface area is 245 Å². The van der Waals surface area contributed by atoms with Gasteiger partial charge in [-0.1, -0.05) is 18.2 Å². The van der Waals surface area contributed by atoms with Crippen molar-refractivity contribution in [2.45, 2.75) is 50.2 Å². The van der Waals surface area contributed by atoms with E-state index in [4.69, 9.17) is 0 Å². The normalized spacial score (nSPS) is 24.3. The number of likely N-dealkylation sites (tertiary alicyclic amines) is 2. The average molecular weight is 604 g/mol. The maximum atomic E-state index is 13.2. The first-order valence-corrected chi connectivity index (χ1v) is 14.0. The van der Waals surface area contributed by atoms with Crippen LogP contribution < -0.4 is 0 Å². The van der Waals surface area contributed by atoms with Crippen molar-refractivity contribution in [1.29, 1.82) is 0 Å². The first-order chi connectivity index (χ1) is 19.0. The van der Waals surface area contributed by atoms with Gasteiger partial charge in [0.05, 0.1) is 18.4 Å². The van der Waals surface area contributed by atoms with Crippen molar-refractivity contribution < 1.29 is 4.79 Å². The highest BCUT2D eigenvalue weighted by Gasteiger charge is 2.45. The molecule has 7 rings (SSSR count). The maximum absolute atomic E-state index is 13.2. The van der Waals surface area contributed by atoms with Crippen molar-refractivity contribution in [3.05, 3.63) is 61.4 Å². The van der Waals surface area contributed by atoms with Gasteiger partial charge in [0.15, 0.2) is 5.82 Å². The lowest BCUT2D eigenvalue weighted by Crippen LogP contribution is -2.49. The number of aromatic nitrogens is 6. The van der Waals surface area contributed by atoms with Gasteiger partial charge in [0, 0.05) is 85.2 Å². The summed E-state index contributed by atoms with van der Waals surface area (Å²) >= 11 is 0. The molecule has 2 aliphatic heterocycles. The molecule has 10 heteroatoms. The number of likely N-dealkylation sites (N-methyl/N-ethyl adjacent to an activating group) is 1. The minimum atomic E-state index is 0.